The molecule has 0 aromatic rings. The number of rotatable bonds is 7. The van der Waals surface area contributed by atoms with Crippen molar-refractivity contribution in [2.24, 2.45) is 28.6 Å². The minimum absolute atomic E-state index is 0.121. The fourth-order valence-electron chi connectivity index (χ4n) is 7.83. The Bertz CT molecular complexity index is 1140. The molecule has 2 N–H and O–H groups in total. The van der Waals surface area contributed by atoms with Crippen LogP contribution in [0, 0.1) is 39.9 Å². The van der Waals surface area contributed by atoms with Crippen LogP contribution in [0.15, 0.2) is 0 Å². The average molecular weight is 552 g/mol. The SMILES string of the molecule is CC(C)C(NC(=O)C1(C(F)(F)F)CCC1)C(=O)N1CC2C(C)(C)C23C1C(=O)N3C(C#N)CC1CCCNC1=O. The molecule has 3 aliphatic heterocycles. The summed E-state index contributed by atoms with van der Waals surface area (Å²) in [6.45, 7) is 8.07. The predicted octanol–water partition coefficient (Wildman–Crippen LogP) is 2.12. The van der Waals surface area contributed by atoms with Gasteiger partial charge in [0.15, 0.2) is 0 Å². The van der Waals surface area contributed by atoms with Crippen molar-refractivity contribution in [3.8, 4) is 6.07 Å². The van der Waals surface area contributed by atoms with E-state index in [1.165, 1.54) is 4.90 Å². The molecule has 0 aromatic carbocycles. The molecule has 3 saturated heterocycles. The number of likely N-dealkylation sites (tertiary alicyclic amines) is 2. The van der Waals surface area contributed by atoms with E-state index in [0.29, 0.717) is 13.0 Å². The van der Waals surface area contributed by atoms with Gasteiger partial charge in [0.1, 0.15) is 23.5 Å². The number of β-lactam (4-membered cyclic amide) rings is 1. The quantitative estimate of drug-likeness (QED) is 0.470. The maximum absolute atomic E-state index is 13.8. The minimum Gasteiger partial charge on any atom is -0.356 e. The summed E-state index contributed by atoms with van der Waals surface area (Å²) >= 11 is 0. The summed E-state index contributed by atoms with van der Waals surface area (Å²) in [5.41, 5.74) is -3.63. The predicted molar refractivity (Wildman–Crippen MR) is 131 cm³/mol. The molecule has 214 valence electrons. The fourth-order valence-corrected chi connectivity index (χ4v) is 7.83. The first-order valence-corrected chi connectivity index (χ1v) is 13.9. The van der Waals surface area contributed by atoms with Crippen LogP contribution in [0.4, 0.5) is 13.2 Å². The summed E-state index contributed by atoms with van der Waals surface area (Å²) in [5, 5.41) is 15.2. The molecule has 6 unspecified atom stereocenters. The van der Waals surface area contributed by atoms with Crippen molar-refractivity contribution in [1.82, 2.24) is 20.4 Å². The second-order valence-electron chi connectivity index (χ2n) is 12.8. The molecule has 2 saturated carbocycles. The van der Waals surface area contributed by atoms with Crippen LogP contribution in [-0.2, 0) is 19.2 Å². The second kappa shape index (κ2) is 8.83. The highest BCUT2D eigenvalue weighted by atomic mass is 19.4. The molecule has 5 aliphatic rings. The molecule has 5 fully saturated rings. The Morgan fingerprint density at radius 2 is 1.87 bits per heavy atom. The highest BCUT2D eigenvalue weighted by molar-refractivity contribution is 6.01. The third kappa shape index (κ3) is 3.56. The van der Waals surface area contributed by atoms with E-state index in [-0.39, 0.29) is 55.4 Å². The van der Waals surface area contributed by atoms with Crippen LogP contribution >= 0.6 is 0 Å². The number of carbonyl (C=O) groups excluding carboxylic acids is 4. The van der Waals surface area contributed by atoms with Gasteiger partial charge in [-0.05, 0) is 43.4 Å². The molecule has 5 rings (SSSR count). The molecular weight excluding hydrogens is 515 g/mol. The molecule has 6 atom stereocenters. The monoisotopic (exact) mass is 551 g/mol. The molecule has 39 heavy (non-hydrogen) atoms. The third-order valence-corrected chi connectivity index (χ3v) is 10.4. The van der Waals surface area contributed by atoms with Gasteiger partial charge in [-0.15, -0.1) is 0 Å². The number of amides is 4. The van der Waals surface area contributed by atoms with Gasteiger partial charge in [0.2, 0.25) is 23.6 Å². The van der Waals surface area contributed by atoms with Crippen LogP contribution in [0.1, 0.15) is 66.2 Å². The second-order valence-corrected chi connectivity index (χ2v) is 12.8. The fraction of sp³-hybridized carbons (Fsp3) is 0.815. The molecule has 4 amide bonds. The van der Waals surface area contributed by atoms with Crippen LogP contribution in [0.2, 0.25) is 0 Å². The number of nitrogens with one attached hydrogen (secondary N) is 2. The molecular formula is C27H36F3N5O4. The molecule has 9 nitrogen and oxygen atoms in total. The summed E-state index contributed by atoms with van der Waals surface area (Å²) < 4.78 is 41.3. The summed E-state index contributed by atoms with van der Waals surface area (Å²) in [7, 11) is 0. The van der Waals surface area contributed by atoms with Crippen molar-refractivity contribution in [2.75, 3.05) is 13.1 Å². The molecule has 2 aliphatic carbocycles. The number of halogens is 3. The number of alkyl halides is 3. The van der Waals surface area contributed by atoms with Crippen LogP contribution in [-0.4, -0.2) is 76.4 Å². The van der Waals surface area contributed by atoms with E-state index in [0.717, 1.165) is 6.42 Å². The summed E-state index contributed by atoms with van der Waals surface area (Å²) in [6, 6.07) is -0.670. The number of nitrogens with zero attached hydrogens (tertiary/aromatic N) is 3. The Hall–Kier alpha value is -2.84. The standard InChI is InChI=1S/C27H36F3N5O4/c1-14(2)18(33-23(39)25(8-6-9-25)27(28,29)30)21(37)34-13-17-24(3,4)26(17)19(34)22(38)35(26)16(12-31)11-15-7-5-10-32-20(15)36/h14-19H,5-11,13H2,1-4H3,(H,32,36)(H,33,39). The number of hydrogen-bond donors (Lipinski definition) is 2. The Balaban J connectivity index is 1.36. The first-order valence-electron chi connectivity index (χ1n) is 13.9. The lowest BCUT2D eigenvalue weighted by Crippen LogP contribution is -2.76. The van der Waals surface area contributed by atoms with Gasteiger partial charge in [0, 0.05) is 24.9 Å². The number of nitriles is 1. The molecule has 0 radical (unpaired) electrons. The Kier molecular flexibility index (Phi) is 6.28. The normalized spacial score (nSPS) is 33.6. The van der Waals surface area contributed by atoms with Crippen molar-refractivity contribution in [3.63, 3.8) is 0 Å². The zero-order chi connectivity index (χ0) is 28.7. The Labute approximate surface area is 225 Å². The van der Waals surface area contributed by atoms with E-state index in [2.05, 4.69) is 16.7 Å². The van der Waals surface area contributed by atoms with Gasteiger partial charge < -0.3 is 20.4 Å². The van der Waals surface area contributed by atoms with E-state index >= 15 is 0 Å². The first-order chi connectivity index (χ1) is 18.2. The van der Waals surface area contributed by atoms with Crippen LogP contribution in [0.25, 0.3) is 0 Å². The third-order valence-electron chi connectivity index (χ3n) is 10.4. The van der Waals surface area contributed by atoms with Crippen molar-refractivity contribution >= 4 is 23.6 Å². The zero-order valence-electron chi connectivity index (χ0n) is 22.7. The lowest BCUT2D eigenvalue weighted by molar-refractivity contribution is -0.243. The number of carbonyl (C=O) groups is 4. The highest BCUT2D eigenvalue weighted by Gasteiger charge is 2.90. The van der Waals surface area contributed by atoms with E-state index in [4.69, 9.17) is 0 Å². The summed E-state index contributed by atoms with van der Waals surface area (Å²) in [6.07, 6.45) is -3.41. The molecule has 3 heterocycles. The molecule has 0 bridgehead atoms. The van der Waals surface area contributed by atoms with Gasteiger partial charge in [-0.1, -0.05) is 34.1 Å². The topological polar surface area (TPSA) is 123 Å². The van der Waals surface area contributed by atoms with Crippen LogP contribution in [0.3, 0.4) is 0 Å². The summed E-state index contributed by atoms with van der Waals surface area (Å²) in [4.78, 5) is 55.6. The van der Waals surface area contributed by atoms with Crippen molar-refractivity contribution in [2.45, 2.75) is 96.1 Å². The Morgan fingerprint density at radius 3 is 2.38 bits per heavy atom. The van der Waals surface area contributed by atoms with Crippen LogP contribution < -0.4 is 10.6 Å². The van der Waals surface area contributed by atoms with Gasteiger partial charge in [0.05, 0.1) is 11.6 Å². The van der Waals surface area contributed by atoms with E-state index in [1.807, 2.05) is 13.8 Å². The van der Waals surface area contributed by atoms with Crippen LogP contribution in [0.5, 0.6) is 0 Å². The molecule has 12 heteroatoms. The highest BCUT2D eigenvalue weighted by Crippen LogP contribution is 2.76. The van der Waals surface area contributed by atoms with Crippen molar-refractivity contribution in [1.29, 1.82) is 5.26 Å². The lowest BCUT2D eigenvalue weighted by atomic mass is 9.67. The van der Waals surface area contributed by atoms with Crippen molar-refractivity contribution < 1.29 is 32.3 Å². The van der Waals surface area contributed by atoms with Gasteiger partial charge in [-0.2, -0.15) is 18.4 Å². The smallest absolute Gasteiger partial charge is 0.356 e. The zero-order valence-corrected chi connectivity index (χ0v) is 22.7. The maximum atomic E-state index is 13.8. The van der Waals surface area contributed by atoms with Gasteiger partial charge in [-0.25, -0.2) is 0 Å². The van der Waals surface area contributed by atoms with E-state index in [1.54, 1.807) is 18.7 Å². The minimum atomic E-state index is -4.71. The Morgan fingerprint density at radius 1 is 1.21 bits per heavy atom. The molecule has 0 aromatic heterocycles. The number of piperidine rings is 2. The largest absolute Gasteiger partial charge is 0.403 e. The van der Waals surface area contributed by atoms with Gasteiger partial charge in [-0.3, -0.25) is 19.2 Å². The molecule has 1 spiro atoms. The van der Waals surface area contributed by atoms with Gasteiger partial charge in [0.25, 0.3) is 0 Å². The maximum Gasteiger partial charge on any atom is 0.403 e. The van der Waals surface area contributed by atoms with Gasteiger partial charge >= 0.3 is 6.18 Å². The van der Waals surface area contributed by atoms with E-state index in [9.17, 15) is 37.6 Å². The van der Waals surface area contributed by atoms with E-state index < -0.39 is 58.9 Å². The number of hydrogen-bond acceptors (Lipinski definition) is 5. The summed E-state index contributed by atoms with van der Waals surface area (Å²) in [5.74, 6) is -3.28. The first kappa shape index (κ1) is 27.7. The van der Waals surface area contributed by atoms with Crippen molar-refractivity contribution in [3.05, 3.63) is 0 Å². The lowest BCUT2D eigenvalue weighted by Gasteiger charge is -2.54. The average Bonchev–Trinajstić information content (AvgIpc) is 3.14.